The predicted octanol–water partition coefficient (Wildman–Crippen LogP) is 9.55. The van der Waals surface area contributed by atoms with Crippen molar-refractivity contribution in [2.24, 2.45) is 5.92 Å². The molecule has 0 aliphatic carbocycles. The summed E-state index contributed by atoms with van der Waals surface area (Å²) >= 11 is 5.64. The van der Waals surface area contributed by atoms with Gasteiger partial charge in [-0.05, 0) is 37.5 Å². The van der Waals surface area contributed by atoms with Crippen LogP contribution in [0.1, 0.15) is 107 Å². The molecule has 0 amide bonds. The molecule has 26 heavy (non-hydrogen) atoms. The van der Waals surface area contributed by atoms with E-state index in [1.165, 1.54) is 44.6 Å². The molecular weight excluding hydrogens is 340 g/mol. The molecule has 0 aliphatic rings. The molecule has 0 heterocycles. The summed E-state index contributed by atoms with van der Waals surface area (Å²) in [6.45, 7) is 22.6. The first-order valence-electron chi connectivity index (χ1n) is 10.5. The normalized spacial score (nSPS) is 7.73. The summed E-state index contributed by atoms with van der Waals surface area (Å²) in [5.41, 5.74) is 1.21. The molecule has 0 unspecified atom stereocenters. The van der Waals surface area contributed by atoms with Crippen molar-refractivity contribution in [1.29, 1.82) is 0 Å². The second kappa shape index (κ2) is 39.3. The summed E-state index contributed by atoms with van der Waals surface area (Å²) in [6.07, 6.45) is 7.52. The smallest absolute Gasteiger partial charge is 0.116 e. The predicted molar refractivity (Wildman–Crippen MR) is 126 cm³/mol. The molecule has 0 atom stereocenters. The molecule has 0 spiro atoms. The number of halogens is 1. The molecule has 0 N–H and O–H groups in total. The first-order valence-corrected chi connectivity index (χ1v) is 10.9. The number of hydrogen-bond donors (Lipinski definition) is 0. The van der Waals surface area contributed by atoms with Crippen molar-refractivity contribution < 1.29 is 4.79 Å². The number of carbonyl (C=O) groups is 1. The lowest BCUT2D eigenvalue weighted by atomic mass is 10.0. The minimum Gasteiger partial charge on any atom is -0.304 e. The van der Waals surface area contributed by atoms with E-state index >= 15 is 0 Å². The summed E-state index contributed by atoms with van der Waals surface area (Å²) in [6, 6.07) is 7.76. The summed E-state index contributed by atoms with van der Waals surface area (Å²) < 4.78 is 0. The molecule has 2 heteroatoms. The minimum atomic E-state index is 0.750. The van der Waals surface area contributed by atoms with Gasteiger partial charge in [0.1, 0.15) is 6.29 Å². The zero-order valence-electron chi connectivity index (χ0n) is 19.8. The number of aryl methyl sites for hydroxylation is 1. The Kier molecular flexibility index (Phi) is 54.7. The lowest BCUT2D eigenvalue weighted by Crippen LogP contribution is -1.91. The molecule has 1 aromatic carbocycles. The molecule has 0 aromatic heterocycles. The van der Waals surface area contributed by atoms with Crippen LogP contribution in [0.5, 0.6) is 0 Å². The van der Waals surface area contributed by atoms with Crippen LogP contribution in [0.25, 0.3) is 0 Å². The van der Waals surface area contributed by atoms with Gasteiger partial charge in [0.15, 0.2) is 0 Å². The van der Waals surface area contributed by atoms with E-state index in [0.717, 1.165) is 17.2 Å². The maximum atomic E-state index is 8.81. The van der Waals surface area contributed by atoms with E-state index < -0.39 is 0 Å². The van der Waals surface area contributed by atoms with Crippen molar-refractivity contribution in [3.8, 4) is 0 Å². The van der Waals surface area contributed by atoms with Crippen LogP contribution in [-0.2, 0) is 4.79 Å². The third kappa shape index (κ3) is 49.5. The topological polar surface area (TPSA) is 17.1 Å². The number of hydrogen-bond acceptors (Lipinski definition) is 1. The lowest BCUT2D eigenvalue weighted by Gasteiger charge is -2.05. The van der Waals surface area contributed by atoms with Gasteiger partial charge in [0.25, 0.3) is 0 Å². The molecular formula is C24H49ClO. The fourth-order valence-corrected chi connectivity index (χ4v) is 1.98. The van der Waals surface area contributed by atoms with Gasteiger partial charge in [0, 0.05) is 5.02 Å². The van der Waals surface area contributed by atoms with Crippen molar-refractivity contribution in [3.05, 3.63) is 34.9 Å². The van der Waals surface area contributed by atoms with Crippen molar-refractivity contribution in [1.82, 2.24) is 0 Å². The van der Waals surface area contributed by atoms with Gasteiger partial charge in [-0.1, -0.05) is 118 Å². The highest BCUT2D eigenvalue weighted by Crippen LogP contribution is 2.10. The standard InChI is InChI=1S/C8H18.C7H7Cl.C3H8.C2H4O.2C2H6/c1-4-6-8(3)7-5-2;1-6-3-2-4-7(8)5-6;1-3-2;1-2-3;2*1-2/h8H,4-7H2,1-3H3;2-5H,1H3;3H2,1-2H3;2H,1H3;2*1-2H3. The second-order valence-electron chi connectivity index (χ2n) is 5.42. The molecule has 1 rings (SSSR count). The number of carbonyl (C=O) groups excluding carboxylic acids is 1. The molecule has 0 radical (unpaired) electrons. The van der Waals surface area contributed by atoms with Crippen molar-refractivity contribution in [2.45, 2.75) is 108 Å². The van der Waals surface area contributed by atoms with E-state index in [-0.39, 0.29) is 0 Å². The van der Waals surface area contributed by atoms with Gasteiger partial charge in [-0.2, -0.15) is 0 Å². The van der Waals surface area contributed by atoms with Gasteiger partial charge in [0.05, 0.1) is 0 Å². The molecule has 0 saturated heterocycles. The van der Waals surface area contributed by atoms with Crippen LogP contribution in [0, 0.1) is 12.8 Å². The third-order valence-corrected chi connectivity index (χ3v) is 2.78. The highest BCUT2D eigenvalue weighted by atomic mass is 35.5. The minimum absolute atomic E-state index is 0.750. The van der Waals surface area contributed by atoms with Crippen LogP contribution in [0.15, 0.2) is 24.3 Å². The largest absolute Gasteiger partial charge is 0.304 e. The molecule has 1 nitrogen and oxygen atoms in total. The number of rotatable bonds is 4. The molecule has 1 aromatic rings. The third-order valence-electron chi connectivity index (χ3n) is 2.54. The molecule has 158 valence electrons. The van der Waals surface area contributed by atoms with Gasteiger partial charge in [0.2, 0.25) is 0 Å². The summed E-state index contributed by atoms with van der Waals surface area (Å²) in [5, 5.41) is 0.810. The van der Waals surface area contributed by atoms with Crippen LogP contribution in [0.2, 0.25) is 5.02 Å². The lowest BCUT2D eigenvalue weighted by molar-refractivity contribution is -0.106. The second-order valence-corrected chi connectivity index (χ2v) is 5.86. The van der Waals surface area contributed by atoms with Crippen LogP contribution in [0.3, 0.4) is 0 Å². The van der Waals surface area contributed by atoms with Gasteiger partial charge in [-0.15, -0.1) is 0 Å². The van der Waals surface area contributed by atoms with E-state index in [0.29, 0.717) is 0 Å². The quantitative estimate of drug-likeness (QED) is 0.469. The van der Waals surface area contributed by atoms with E-state index in [4.69, 9.17) is 16.4 Å². The fourth-order valence-electron chi connectivity index (χ4n) is 1.74. The molecule has 0 fully saturated rings. The van der Waals surface area contributed by atoms with Gasteiger partial charge in [-0.25, -0.2) is 0 Å². The maximum Gasteiger partial charge on any atom is 0.116 e. The fraction of sp³-hybridized carbons (Fsp3) is 0.708. The summed E-state index contributed by atoms with van der Waals surface area (Å²) in [4.78, 5) is 8.81. The van der Waals surface area contributed by atoms with E-state index in [9.17, 15) is 0 Å². The Labute approximate surface area is 171 Å². The Bertz CT molecular complexity index is 300. The molecule has 0 saturated carbocycles. The number of benzene rings is 1. The van der Waals surface area contributed by atoms with E-state index in [1.807, 2.05) is 58.9 Å². The molecule has 0 aliphatic heterocycles. The highest BCUT2D eigenvalue weighted by Gasteiger charge is 1.95. The summed E-state index contributed by atoms with van der Waals surface area (Å²) in [5.74, 6) is 0.963. The number of aldehydes is 1. The van der Waals surface area contributed by atoms with Crippen LogP contribution in [0.4, 0.5) is 0 Å². The van der Waals surface area contributed by atoms with Crippen molar-refractivity contribution in [2.75, 3.05) is 0 Å². The zero-order valence-corrected chi connectivity index (χ0v) is 20.5. The van der Waals surface area contributed by atoms with E-state index in [2.05, 4.69) is 34.6 Å². The maximum absolute atomic E-state index is 8.81. The van der Waals surface area contributed by atoms with Gasteiger partial charge < -0.3 is 4.79 Å². The van der Waals surface area contributed by atoms with Gasteiger partial charge in [-0.3, -0.25) is 0 Å². The average molecular weight is 389 g/mol. The Hall–Kier alpha value is -0.820. The highest BCUT2D eigenvalue weighted by molar-refractivity contribution is 6.30. The Morgan fingerprint density at radius 1 is 0.962 bits per heavy atom. The average Bonchev–Trinajstić information content (AvgIpc) is 2.61. The Morgan fingerprint density at radius 3 is 1.50 bits per heavy atom. The van der Waals surface area contributed by atoms with E-state index in [1.54, 1.807) is 0 Å². The monoisotopic (exact) mass is 388 g/mol. The van der Waals surface area contributed by atoms with Crippen molar-refractivity contribution >= 4 is 17.9 Å². The van der Waals surface area contributed by atoms with Crippen molar-refractivity contribution in [3.63, 3.8) is 0 Å². The first-order chi connectivity index (χ1) is 12.4. The van der Waals surface area contributed by atoms with Crippen LogP contribution >= 0.6 is 11.6 Å². The first kappa shape index (κ1) is 36.2. The van der Waals surface area contributed by atoms with Crippen LogP contribution < -0.4 is 0 Å². The van der Waals surface area contributed by atoms with Crippen LogP contribution in [-0.4, -0.2) is 6.29 Å². The Morgan fingerprint density at radius 2 is 1.31 bits per heavy atom. The Balaban J connectivity index is -0.0000000763. The SMILES string of the molecule is CC.CC.CC=O.CCC.CCCC(C)CCC.Cc1cccc(Cl)c1. The van der Waals surface area contributed by atoms with Gasteiger partial charge >= 0.3 is 0 Å². The molecule has 0 bridgehead atoms. The summed E-state index contributed by atoms with van der Waals surface area (Å²) in [7, 11) is 0. The zero-order chi connectivity index (χ0) is 21.8.